The molecular weight excluding hydrogens is 236 g/mol. The highest BCUT2D eigenvalue weighted by molar-refractivity contribution is 5.52. The van der Waals surface area contributed by atoms with Crippen LogP contribution in [-0.2, 0) is 0 Å². The van der Waals surface area contributed by atoms with Gasteiger partial charge in [-0.05, 0) is 36.8 Å². The fraction of sp³-hybridized carbons (Fsp3) is 0.375. The Morgan fingerprint density at radius 3 is 2.58 bits per heavy atom. The molecule has 0 bridgehead atoms. The van der Waals surface area contributed by atoms with Gasteiger partial charge in [0.05, 0.1) is 6.10 Å². The van der Waals surface area contributed by atoms with E-state index in [4.69, 9.17) is 0 Å². The number of rotatable bonds is 3. The van der Waals surface area contributed by atoms with Gasteiger partial charge >= 0.3 is 0 Å². The third kappa shape index (κ3) is 2.15. The van der Waals surface area contributed by atoms with Gasteiger partial charge in [0.15, 0.2) is 0 Å². The fourth-order valence-electron chi connectivity index (χ4n) is 2.61. The lowest BCUT2D eigenvalue weighted by atomic mass is 9.64. The number of anilines is 1. The lowest BCUT2D eigenvalue weighted by Gasteiger charge is -2.49. The maximum absolute atomic E-state index is 9.78. The van der Waals surface area contributed by atoms with Crippen molar-refractivity contribution in [2.24, 2.45) is 5.41 Å². The second-order valence-electron chi connectivity index (χ2n) is 5.91. The summed E-state index contributed by atoms with van der Waals surface area (Å²) in [6.45, 7) is 4.21. The monoisotopic (exact) mass is 256 g/mol. The van der Waals surface area contributed by atoms with E-state index in [0.29, 0.717) is 6.04 Å². The molecule has 1 aliphatic carbocycles. The maximum Gasteiger partial charge on any atom is 0.0630 e. The van der Waals surface area contributed by atoms with E-state index in [1.54, 1.807) is 0 Å². The first-order chi connectivity index (χ1) is 9.07. The molecule has 1 fully saturated rings. The Labute approximate surface area is 113 Å². The van der Waals surface area contributed by atoms with Crippen LogP contribution in [0.4, 0.5) is 5.69 Å². The number of aromatic nitrogens is 1. The van der Waals surface area contributed by atoms with E-state index < -0.39 is 0 Å². The number of aliphatic hydroxyl groups is 1. The quantitative estimate of drug-likeness (QED) is 0.885. The Hall–Kier alpha value is -1.74. The second kappa shape index (κ2) is 4.42. The predicted octanol–water partition coefficient (Wildman–Crippen LogP) is 3.05. The Kier molecular flexibility index (Phi) is 2.86. The van der Waals surface area contributed by atoms with Gasteiger partial charge in [-0.15, -0.1) is 0 Å². The molecular formula is C16H20N2O. The molecule has 100 valence electrons. The number of nitrogens with zero attached hydrogens (tertiary/aromatic N) is 1. The zero-order chi connectivity index (χ0) is 13.5. The highest BCUT2D eigenvalue weighted by atomic mass is 16.3. The van der Waals surface area contributed by atoms with E-state index in [2.05, 4.69) is 48.0 Å². The molecule has 1 aliphatic rings. The van der Waals surface area contributed by atoms with Crippen LogP contribution in [0.2, 0.25) is 0 Å². The highest BCUT2D eigenvalue weighted by Crippen LogP contribution is 2.42. The molecule has 3 heteroatoms. The van der Waals surface area contributed by atoms with Crippen LogP contribution in [0.15, 0.2) is 48.8 Å². The molecule has 0 amide bonds. The number of hydrogen-bond acceptors (Lipinski definition) is 2. The molecule has 2 aromatic rings. The Morgan fingerprint density at radius 1 is 1.21 bits per heavy atom. The Bertz CT molecular complexity index is 560. The van der Waals surface area contributed by atoms with E-state index >= 15 is 0 Å². The molecule has 3 rings (SSSR count). The summed E-state index contributed by atoms with van der Waals surface area (Å²) in [5, 5.41) is 13.3. The van der Waals surface area contributed by atoms with Gasteiger partial charge in [0.1, 0.15) is 0 Å². The van der Waals surface area contributed by atoms with Crippen molar-refractivity contribution in [2.75, 3.05) is 5.32 Å². The van der Waals surface area contributed by atoms with Crippen molar-refractivity contribution in [2.45, 2.75) is 32.4 Å². The summed E-state index contributed by atoms with van der Waals surface area (Å²) in [5.74, 6) is 0. The van der Waals surface area contributed by atoms with Gasteiger partial charge in [0, 0.05) is 35.2 Å². The summed E-state index contributed by atoms with van der Waals surface area (Å²) in [6.07, 6.45) is 4.70. The molecule has 2 atom stereocenters. The second-order valence-corrected chi connectivity index (χ2v) is 5.91. The smallest absolute Gasteiger partial charge is 0.0630 e. The molecule has 0 spiro atoms. The number of benzene rings is 1. The third-order valence-electron chi connectivity index (χ3n) is 4.31. The van der Waals surface area contributed by atoms with Crippen molar-refractivity contribution in [1.82, 2.24) is 4.57 Å². The summed E-state index contributed by atoms with van der Waals surface area (Å²) in [7, 11) is 0. The minimum Gasteiger partial charge on any atom is -0.392 e. The molecule has 19 heavy (non-hydrogen) atoms. The molecule has 1 aromatic heterocycles. The first kappa shape index (κ1) is 12.3. The van der Waals surface area contributed by atoms with Crippen LogP contribution in [0, 0.1) is 5.41 Å². The number of hydrogen-bond donors (Lipinski definition) is 2. The van der Waals surface area contributed by atoms with E-state index in [9.17, 15) is 5.11 Å². The van der Waals surface area contributed by atoms with Crippen LogP contribution >= 0.6 is 0 Å². The van der Waals surface area contributed by atoms with Gasteiger partial charge in [-0.25, -0.2) is 0 Å². The van der Waals surface area contributed by atoms with Gasteiger partial charge in [-0.3, -0.25) is 0 Å². The Morgan fingerprint density at radius 2 is 1.95 bits per heavy atom. The average molecular weight is 256 g/mol. The van der Waals surface area contributed by atoms with Crippen molar-refractivity contribution in [3.05, 3.63) is 48.8 Å². The van der Waals surface area contributed by atoms with Gasteiger partial charge in [0.25, 0.3) is 0 Å². The normalized spacial score (nSPS) is 24.8. The zero-order valence-electron chi connectivity index (χ0n) is 11.4. The standard InChI is InChI=1S/C16H20N2O/c1-16(2)14(11-15(16)19)17-12-6-5-7-13(10-12)18-8-3-4-9-18/h3-10,14-15,17,19H,11H2,1-2H3. The molecule has 0 aliphatic heterocycles. The molecule has 2 unspecified atom stereocenters. The van der Waals surface area contributed by atoms with Crippen molar-refractivity contribution < 1.29 is 5.11 Å². The largest absolute Gasteiger partial charge is 0.392 e. The van der Waals surface area contributed by atoms with Gasteiger partial charge < -0.3 is 15.0 Å². The van der Waals surface area contributed by atoms with E-state index in [0.717, 1.165) is 17.8 Å². The first-order valence-corrected chi connectivity index (χ1v) is 6.75. The van der Waals surface area contributed by atoms with Crippen LogP contribution < -0.4 is 5.32 Å². The average Bonchev–Trinajstić information content (AvgIpc) is 2.93. The summed E-state index contributed by atoms with van der Waals surface area (Å²) in [4.78, 5) is 0. The van der Waals surface area contributed by atoms with Gasteiger partial charge in [0.2, 0.25) is 0 Å². The summed E-state index contributed by atoms with van der Waals surface area (Å²) in [6, 6.07) is 12.7. The van der Waals surface area contributed by atoms with Crippen LogP contribution in [-0.4, -0.2) is 21.8 Å². The summed E-state index contributed by atoms with van der Waals surface area (Å²) >= 11 is 0. The van der Waals surface area contributed by atoms with Gasteiger partial charge in [-0.1, -0.05) is 19.9 Å². The predicted molar refractivity (Wildman–Crippen MR) is 77.6 cm³/mol. The van der Waals surface area contributed by atoms with Crippen LogP contribution in [0.1, 0.15) is 20.3 Å². The minimum atomic E-state index is -0.197. The highest BCUT2D eigenvalue weighted by Gasteiger charge is 2.47. The van der Waals surface area contributed by atoms with Crippen molar-refractivity contribution in [1.29, 1.82) is 0 Å². The summed E-state index contributed by atoms with van der Waals surface area (Å²) in [5.41, 5.74) is 2.20. The molecule has 3 nitrogen and oxygen atoms in total. The molecule has 1 heterocycles. The molecule has 0 saturated heterocycles. The summed E-state index contributed by atoms with van der Waals surface area (Å²) < 4.78 is 2.09. The first-order valence-electron chi connectivity index (χ1n) is 6.75. The van der Waals surface area contributed by atoms with Gasteiger partial charge in [-0.2, -0.15) is 0 Å². The third-order valence-corrected chi connectivity index (χ3v) is 4.31. The van der Waals surface area contributed by atoms with Crippen molar-refractivity contribution in [3.63, 3.8) is 0 Å². The molecule has 0 radical (unpaired) electrons. The van der Waals surface area contributed by atoms with Crippen molar-refractivity contribution in [3.8, 4) is 5.69 Å². The van der Waals surface area contributed by atoms with Crippen LogP contribution in [0.3, 0.4) is 0 Å². The van der Waals surface area contributed by atoms with E-state index in [1.165, 1.54) is 0 Å². The lowest BCUT2D eigenvalue weighted by Crippen LogP contribution is -2.56. The molecule has 2 N–H and O–H groups in total. The fourth-order valence-corrected chi connectivity index (χ4v) is 2.61. The molecule has 1 saturated carbocycles. The van der Waals surface area contributed by atoms with E-state index in [1.807, 2.05) is 24.5 Å². The number of aliphatic hydroxyl groups excluding tert-OH is 1. The zero-order valence-corrected chi connectivity index (χ0v) is 11.4. The SMILES string of the molecule is CC1(C)C(O)CC1Nc1cccc(-n2cccc2)c1. The lowest BCUT2D eigenvalue weighted by molar-refractivity contribution is -0.0510. The maximum atomic E-state index is 9.78. The number of nitrogens with one attached hydrogen (secondary N) is 1. The Balaban J connectivity index is 1.78. The van der Waals surface area contributed by atoms with Crippen LogP contribution in [0.5, 0.6) is 0 Å². The van der Waals surface area contributed by atoms with E-state index in [-0.39, 0.29) is 11.5 Å². The minimum absolute atomic E-state index is 0.0521. The molecule has 1 aromatic carbocycles. The topological polar surface area (TPSA) is 37.2 Å². The van der Waals surface area contributed by atoms with Crippen molar-refractivity contribution >= 4 is 5.69 Å². The van der Waals surface area contributed by atoms with Crippen LogP contribution in [0.25, 0.3) is 5.69 Å².